The molecule has 0 aliphatic heterocycles. The average molecular weight is 936 g/mol. The molecule has 0 fully saturated rings. The number of rotatable bonds is 7. The van der Waals surface area contributed by atoms with Crippen molar-refractivity contribution in [1.29, 1.82) is 0 Å². The third kappa shape index (κ3) is 5.94. The lowest BCUT2D eigenvalue weighted by molar-refractivity contribution is 0.588. The van der Waals surface area contributed by atoms with Gasteiger partial charge in [-0.3, -0.25) is 0 Å². The number of fused-ring (bicyclic) bond motifs is 17. The lowest BCUT2D eigenvalue weighted by atomic mass is 9.68. The molecule has 332 valence electrons. The van der Waals surface area contributed by atoms with Crippen LogP contribution in [0.5, 0.6) is 0 Å². The fourth-order valence-corrected chi connectivity index (χ4v) is 13.1. The summed E-state index contributed by atoms with van der Waals surface area (Å²) in [6.45, 7) is 2.49. The minimum Gasteiger partial charge on any atom is -0.354 e. The van der Waals surface area contributed by atoms with Gasteiger partial charge >= 0.3 is 0 Å². The second-order valence-electron chi connectivity index (χ2n) is 19.4. The molecule has 0 bridgehead atoms. The summed E-state index contributed by atoms with van der Waals surface area (Å²) in [5.74, 6) is 0. The molecule has 3 aliphatic carbocycles. The highest BCUT2D eigenvalue weighted by Crippen LogP contribution is 2.66. The molecule has 4 heteroatoms. The molecule has 2 nitrogen and oxygen atoms in total. The van der Waals surface area contributed by atoms with Gasteiger partial charge in [0.15, 0.2) is 0 Å². The number of hydrogen-bond acceptors (Lipinski definition) is 2. The van der Waals surface area contributed by atoms with Gasteiger partial charge in [-0.15, -0.1) is 0 Å². The predicted octanol–water partition coefficient (Wildman–Crippen LogP) is 18.3. The van der Waals surface area contributed by atoms with E-state index < -0.39 is 10.8 Å². The van der Waals surface area contributed by atoms with Crippen molar-refractivity contribution >= 4 is 67.5 Å². The summed E-state index contributed by atoms with van der Waals surface area (Å²) in [5.41, 5.74) is 21.9. The number of hydrogen-bond donors (Lipinski definition) is 2. The summed E-state index contributed by atoms with van der Waals surface area (Å²) in [7, 11) is 0. The van der Waals surface area contributed by atoms with E-state index in [0.29, 0.717) is 10.0 Å². The van der Waals surface area contributed by atoms with Crippen molar-refractivity contribution in [2.24, 2.45) is 0 Å². The van der Waals surface area contributed by atoms with Crippen molar-refractivity contribution < 1.29 is 0 Å². The van der Waals surface area contributed by atoms with Gasteiger partial charge in [0, 0.05) is 16.8 Å². The topological polar surface area (TPSA) is 24.1 Å². The fourth-order valence-electron chi connectivity index (χ4n) is 12.7. The molecular formula is C66H44Cl2N2. The Morgan fingerprint density at radius 3 is 1.69 bits per heavy atom. The predicted molar refractivity (Wildman–Crippen MR) is 295 cm³/mol. The molecule has 11 aromatic rings. The van der Waals surface area contributed by atoms with Gasteiger partial charge < -0.3 is 10.6 Å². The van der Waals surface area contributed by atoms with E-state index in [2.05, 4.69) is 212 Å². The van der Waals surface area contributed by atoms with Crippen LogP contribution < -0.4 is 10.6 Å². The van der Waals surface area contributed by atoms with Crippen LogP contribution in [-0.4, -0.2) is 0 Å². The van der Waals surface area contributed by atoms with E-state index >= 15 is 0 Å². The van der Waals surface area contributed by atoms with Crippen LogP contribution in [0.3, 0.4) is 0 Å². The number of nitrogens with one attached hydrogen (secondary N) is 2. The molecule has 1 atom stereocenters. The number of halogens is 2. The number of anilines is 4. The Bertz CT molecular complexity index is 3940. The second-order valence-corrected chi connectivity index (χ2v) is 20.2. The molecule has 14 rings (SSSR count). The highest BCUT2D eigenvalue weighted by molar-refractivity contribution is 6.34. The number of benzene rings is 11. The van der Waals surface area contributed by atoms with E-state index in [-0.39, 0.29) is 0 Å². The zero-order valence-electron chi connectivity index (χ0n) is 38.3. The SMILES string of the molecule is CC1(Cc2cc3ccccc3c3c2-c2ccc(Nc4ccccc4Cl)cc2C32c3ccccc3-c3ccccc32)c2cc(Nc3ccc(-c4ccccc4)cc3Cl)ccc2-c2ccc3ccccc3c21. The molecule has 0 saturated carbocycles. The van der Waals surface area contributed by atoms with E-state index in [9.17, 15) is 0 Å². The minimum absolute atomic E-state index is 0.437. The van der Waals surface area contributed by atoms with Crippen molar-refractivity contribution in [3.05, 3.63) is 273 Å². The molecule has 2 N–H and O–H groups in total. The van der Waals surface area contributed by atoms with Gasteiger partial charge in [0.05, 0.1) is 26.8 Å². The molecule has 3 aliphatic rings. The summed E-state index contributed by atoms with van der Waals surface area (Å²) in [4.78, 5) is 0. The first-order valence-corrected chi connectivity index (χ1v) is 24.8. The normalized spacial score (nSPS) is 15.3. The van der Waals surface area contributed by atoms with Gasteiger partial charge in [-0.1, -0.05) is 206 Å². The first-order valence-electron chi connectivity index (χ1n) is 24.1. The summed E-state index contributed by atoms with van der Waals surface area (Å²) in [6.07, 6.45) is 0.766. The van der Waals surface area contributed by atoms with Crippen LogP contribution in [0.4, 0.5) is 22.7 Å². The maximum atomic E-state index is 7.09. The quantitative estimate of drug-likeness (QED) is 0.166. The van der Waals surface area contributed by atoms with Crippen molar-refractivity contribution in [2.45, 2.75) is 24.2 Å². The summed E-state index contributed by atoms with van der Waals surface area (Å²) < 4.78 is 0. The minimum atomic E-state index is -0.586. The Kier molecular flexibility index (Phi) is 9.15. The smallest absolute Gasteiger partial charge is 0.0732 e. The standard InChI is InChI=1S/C66H44Cl2N2/c1-65(56-37-45(70-61-34-28-42(36-59(61)68)40-15-3-2-4-16-40)29-32-51(56)52-31-27-41-17-5-7-19-47(41)63(52)65)39-44-35-43-18-6-8-20-48(43)64-62(44)53-33-30-46(69-60-26-14-13-25-58(60)67)38-57(53)66(64)54-23-11-9-21-49(54)50-22-10-12-24-55(50)66/h2-38,69-70H,39H2,1H3. The first-order chi connectivity index (χ1) is 34.4. The zero-order chi connectivity index (χ0) is 46.7. The lowest BCUT2D eigenvalue weighted by Crippen LogP contribution is -2.27. The van der Waals surface area contributed by atoms with E-state index in [1.165, 1.54) is 93.9 Å². The zero-order valence-corrected chi connectivity index (χ0v) is 39.8. The molecule has 1 spiro atoms. The largest absolute Gasteiger partial charge is 0.354 e. The Balaban J connectivity index is 1.000. The van der Waals surface area contributed by atoms with E-state index in [1.807, 2.05) is 30.3 Å². The van der Waals surface area contributed by atoms with Gasteiger partial charge in [0.2, 0.25) is 0 Å². The first kappa shape index (κ1) is 41.1. The van der Waals surface area contributed by atoms with Crippen LogP contribution in [0.2, 0.25) is 10.0 Å². The molecular weight excluding hydrogens is 892 g/mol. The van der Waals surface area contributed by atoms with Crippen LogP contribution in [0, 0.1) is 0 Å². The van der Waals surface area contributed by atoms with E-state index in [0.717, 1.165) is 40.3 Å². The molecule has 0 heterocycles. The van der Waals surface area contributed by atoms with Crippen molar-refractivity contribution in [3.8, 4) is 44.5 Å². The Hall–Kier alpha value is -7.88. The molecule has 11 aromatic carbocycles. The lowest BCUT2D eigenvalue weighted by Gasteiger charge is -2.33. The van der Waals surface area contributed by atoms with Crippen LogP contribution in [-0.2, 0) is 17.3 Å². The third-order valence-electron chi connectivity index (χ3n) is 15.6. The number of para-hydroxylation sites is 1. The molecule has 0 radical (unpaired) electrons. The second kappa shape index (κ2) is 15.6. The van der Waals surface area contributed by atoms with E-state index in [1.54, 1.807) is 0 Å². The van der Waals surface area contributed by atoms with Gasteiger partial charge in [-0.2, -0.15) is 0 Å². The molecule has 0 amide bonds. The highest BCUT2D eigenvalue weighted by Gasteiger charge is 2.54. The Morgan fingerprint density at radius 2 is 0.957 bits per heavy atom. The van der Waals surface area contributed by atoms with E-state index in [4.69, 9.17) is 23.2 Å². The van der Waals surface area contributed by atoms with Gasteiger partial charge in [-0.25, -0.2) is 0 Å². The summed E-state index contributed by atoms with van der Waals surface area (Å²) in [5, 5.41) is 13.9. The molecule has 1 unspecified atom stereocenters. The molecule has 0 aromatic heterocycles. The van der Waals surface area contributed by atoms with Crippen LogP contribution in [0.1, 0.15) is 45.9 Å². The maximum absolute atomic E-state index is 7.09. The van der Waals surface area contributed by atoms with Crippen LogP contribution in [0.15, 0.2) is 224 Å². The van der Waals surface area contributed by atoms with Crippen LogP contribution in [0.25, 0.3) is 66.1 Å². The van der Waals surface area contributed by atoms with Gasteiger partial charge in [-0.05, 0) is 160 Å². The average Bonchev–Trinajstić information content (AvgIpc) is 3.97. The maximum Gasteiger partial charge on any atom is 0.0732 e. The molecule has 0 saturated heterocycles. The van der Waals surface area contributed by atoms with Crippen molar-refractivity contribution in [2.75, 3.05) is 10.6 Å². The third-order valence-corrected chi connectivity index (χ3v) is 16.2. The summed E-state index contributed by atoms with van der Waals surface area (Å²) in [6, 6.07) is 81.9. The van der Waals surface area contributed by atoms with Gasteiger partial charge in [0.25, 0.3) is 0 Å². The Morgan fingerprint density at radius 1 is 0.386 bits per heavy atom. The Labute approximate surface area is 417 Å². The van der Waals surface area contributed by atoms with Crippen molar-refractivity contribution in [1.82, 2.24) is 0 Å². The van der Waals surface area contributed by atoms with Crippen molar-refractivity contribution in [3.63, 3.8) is 0 Å². The highest BCUT2D eigenvalue weighted by atomic mass is 35.5. The monoisotopic (exact) mass is 934 g/mol. The molecule has 70 heavy (non-hydrogen) atoms. The summed E-state index contributed by atoms with van der Waals surface area (Å²) >= 11 is 13.9. The fraction of sp³-hybridized carbons (Fsp3) is 0.0606. The van der Waals surface area contributed by atoms with Gasteiger partial charge in [0.1, 0.15) is 0 Å². The van der Waals surface area contributed by atoms with Crippen LogP contribution >= 0.6 is 23.2 Å².